The highest BCUT2D eigenvalue weighted by Gasteiger charge is 2.35. The molecule has 2 N–H and O–H groups in total. The minimum Gasteiger partial charge on any atom is -0.313 e. The molecule has 1 saturated carbocycles. The maximum atomic E-state index is 11.5. The fourth-order valence-electron chi connectivity index (χ4n) is 1.52. The van der Waals surface area contributed by atoms with E-state index in [9.17, 15) is 8.42 Å². The van der Waals surface area contributed by atoms with Crippen LogP contribution in [0.3, 0.4) is 0 Å². The Bertz CT molecular complexity index is 331. The van der Waals surface area contributed by atoms with Crippen LogP contribution in [0, 0.1) is 0 Å². The van der Waals surface area contributed by atoms with E-state index in [1.165, 1.54) is 5.57 Å². The lowest BCUT2D eigenvalue weighted by atomic mass is 10.1. The second-order valence-corrected chi connectivity index (χ2v) is 5.93. The summed E-state index contributed by atoms with van der Waals surface area (Å²) >= 11 is 0. The highest BCUT2D eigenvalue weighted by atomic mass is 32.2. The Balaban J connectivity index is 1.84. The van der Waals surface area contributed by atoms with E-state index in [4.69, 9.17) is 0 Å². The van der Waals surface area contributed by atoms with Gasteiger partial charge in [-0.2, -0.15) is 0 Å². The normalized spacial score (nSPS) is 23.3. The fourth-order valence-corrected chi connectivity index (χ4v) is 2.90. The van der Waals surface area contributed by atoms with Crippen molar-refractivity contribution in [1.29, 1.82) is 0 Å². The quantitative estimate of drug-likeness (QED) is 0.650. The molecule has 0 amide bonds. The summed E-state index contributed by atoms with van der Waals surface area (Å²) in [6.07, 6.45) is 4.68. The number of sulfonamides is 1. The van der Waals surface area contributed by atoms with E-state index in [2.05, 4.69) is 16.1 Å². The molecule has 1 fully saturated rings. The molecule has 0 radical (unpaired) electrons. The van der Waals surface area contributed by atoms with Crippen LogP contribution in [0.4, 0.5) is 0 Å². The third kappa shape index (κ3) is 2.56. The maximum Gasteiger partial charge on any atom is 0.214 e. The zero-order valence-corrected chi connectivity index (χ0v) is 8.94. The van der Waals surface area contributed by atoms with Crippen LogP contribution < -0.4 is 10.0 Å². The largest absolute Gasteiger partial charge is 0.313 e. The molecule has 1 aliphatic carbocycles. The monoisotopic (exact) mass is 216 g/mol. The summed E-state index contributed by atoms with van der Waals surface area (Å²) in [6.45, 7) is 2.32. The van der Waals surface area contributed by atoms with Gasteiger partial charge in [-0.15, -0.1) is 0 Å². The minimum absolute atomic E-state index is 0.107. The van der Waals surface area contributed by atoms with Gasteiger partial charge in [-0.25, -0.2) is 13.1 Å². The smallest absolute Gasteiger partial charge is 0.214 e. The summed E-state index contributed by atoms with van der Waals surface area (Å²) in [4.78, 5) is 0. The molecule has 4 nitrogen and oxygen atoms in total. The van der Waals surface area contributed by atoms with E-state index >= 15 is 0 Å². The average Bonchev–Trinajstić information content (AvgIpc) is 3.00. The Kier molecular flexibility index (Phi) is 2.90. The number of nitrogens with one attached hydrogen (secondary N) is 2. The van der Waals surface area contributed by atoms with Gasteiger partial charge in [0, 0.05) is 13.1 Å². The van der Waals surface area contributed by atoms with Crippen LogP contribution in [0.15, 0.2) is 11.6 Å². The molecule has 5 heteroatoms. The van der Waals surface area contributed by atoms with Crippen LogP contribution in [0.1, 0.15) is 19.3 Å². The predicted molar refractivity (Wildman–Crippen MR) is 55.5 cm³/mol. The molecule has 1 heterocycles. The first-order valence-corrected chi connectivity index (χ1v) is 6.60. The molecule has 2 rings (SSSR count). The zero-order valence-electron chi connectivity index (χ0n) is 8.12. The highest BCUT2D eigenvalue weighted by Crippen LogP contribution is 2.27. The molecule has 0 aromatic rings. The Labute approximate surface area is 84.8 Å². The molecule has 0 bridgehead atoms. The van der Waals surface area contributed by atoms with Gasteiger partial charge in [-0.05, 0) is 25.8 Å². The van der Waals surface area contributed by atoms with Crippen LogP contribution >= 0.6 is 0 Å². The third-order valence-electron chi connectivity index (χ3n) is 2.62. The van der Waals surface area contributed by atoms with Gasteiger partial charge in [-0.3, -0.25) is 0 Å². The minimum atomic E-state index is -3.00. The molecule has 0 unspecified atom stereocenters. The van der Waals surface area contributed by atoms with Crippen LogP contribution in [0.5, 0.6) is 0 Å². The predicted octanol–water partition coefficient (Wildman–Crippen LogP) is -0.0121. The first-order chi connectivity index (χ1) is 6.68. The molecule has 2 aliphatic rings. The molecule has 0 saturated heterocycles. The van der Waals surface area contributed by atoms with Gasteiger partial charge >= 0.3 is 0 Å². The molecule has 0 aromatic heterocycles. The molecular weight excluding hydrogens is 200 g/mol. The van der Waals surface area contributed by atoms with Crippen molar-refractivity contribution >= 4 is 10.0 Å². The van der Waals surface area contributed by atoms with Gasteiger partial charge in [0.15, 0.2) is 0 Å². The SMILES string of the molecule is O=S(=O)(NCC1=CCNCC1)C1CC1. The van der Waals surface area contributed by atoms with Crippen LogP contribution in [-0.2, 0) is 10.0 Å². The molecule has 1 aliphatic heterocycles. The van der Waals surface area contributed by atoms with Gasteiger partial charge in [0.25, 0.3) is 0 Å². The summed E-state index contributed by atoms with van der Waals surface area (Å²) in [6, 6.07) is 0. The van der Waals surface area contributed by atoms with Crippen molar-refractivity contribution in [1.82, 2.24) is 10.0 Å². The zero-order chi connectivity index (χ0) is 10.0. The molecule has 0 atom stereocenters. The number of hydrogen-bond acceptors (Lipinski definition) is 3. The molecule has 80 valence electrons. The van der Waals surface area contributed by atoms with E-state index in [-0.39, 0.29) is 5.25 Å². The van der Waals surface area contributed by atoms with Crippen LogP contribution in [-0.4, -0.2) is 33.3 Å². The van der Waals surface area contributed by atoms with Crippen molar-refractivity contribution < 1.29 is 8.42 Å². The highest BCUT2D eigenvalue weighted by molar-refractivity contribution is 7.90. The van der Waals surface area contributed by atoms with E-state index in [0.29, 0.717) is 6.54 Å². The second kappa shape index (κ2) is 4.00. The third-order valence-corrected chi connectivity index (χ3v) is 4.52. The van der Waals surface area contributed by atoms with Crippen LogP contribution in [0.25, 0.3) is 0 Å². The lowest BCUT2D eigenvalue weighted by Gasteiger charge is -2.14. The van der Waals surface area contributed by atoms with E-state index in [1.54, 1.807) is 0 Å². The molecule has 0 spiro atoms. The van der Waals surface area contributed by atoms with Gasteiger partial charge in [0.1, 0.15) is 0 Å². The number of hydrogen-bond donors (Lipinski definition) is 2. The Morgan fingerprint density at radius 1 is 1.50 bits per heavy atom. The topological polar surface area (TPSA) is 58.2 Å². The standard InChI is InChI=1S/C9H16N2O2S/c12-14(13,9-1-2-9)11-7-8-3-5-10-6-4-8/h3,9-11H,1-2,4-7H2. The van der Waals surface area contributed by atoms with Crippen molar-refractivity contribution in [2.75, 3.05) is 19.6 Å². The lowest BCUT2D eigenvalue weighted by molar-refractivity contribution is 0.581. The van der Waals surface area contributed by atoms with Crippen molar-refractivity contribution in [3.63, 3.8) is 0 Å². The summed E-state index contributed by atoms with van der Waals surface area (Å²) < 4.78 is 25.6. The van der Waals surface area contributed by atoms with Crippen molar-refractivity contribution in [3.8, 4) is 0 Å². The summed E-state index contributed by atoms with van der Waals surface area (Å²) in [5.74, 6) is 0. The van der Waals surface area contributed by atoms with Crippen LogP contribution in [0.2, 0.25) is 0 Å². The fraction of sp³-hybridized carbons (Fsp3) is 0.778. The van der Waals surface area contributed by atoms with E-state index < -0.39 is 10.0 Å². The van der Waals surface area contributed by atoms with Gasteiger partial charge < -0.3 is 5.32 Å². The summed E-state index contributed by atoms with van der Waals surface area (Å²) in [5.41, 5.74) is 1.20. The summed E-state index contributed by atoms with van der Waals surface area (Å²) in [5, 5.41) is 3.09. The Morgan fingerprint density at radius 3 is 2.86 bits per heavy atom. The van der Waals surface area contributed by atoms with E-state index in [0.717, 1.165) is 32.4 Å². The van der Waals surface area contributed by atoms with Gasteiger partial charge in [0.2, 0.25) is 10.0 Å². The lowest BCUT2D eigenvalue weighted by Crippen LogP contribution is -2.31. The average molecular weight is 216 g/mol. The van der Waals surface area contributed by atoms with Crippen molar-refractivity contribution in [2.45, 2.75) is 24.5 Å². The first kappa shape index (κ1) is 10.1. The number of rotatable bonds is 4. The maximum absolute atomic E-state index is 11.5. The Morgan fingerprint density at radius 2 is 2.29 bits per heavy atom. The summed E-state index contributed by atoms with van der Waals surface area (Å²) in [7, 11) is -3.00. The molecule has 14 heavy (non-hydrogen) atoms. The van der Waals surface area contributed by atoms with Crippen molar-refractivity contribution in [3.05, 3.63) is 11.6 Å². The molecular formula is C9H16N2O2S. The second-order valence-electron chi connectivity index (χ2n) is 3.88. The van der Waals surface area contributed by atoms with Gasteiger partial charge in [-0.1, -0.05) is 11.6 Å². The van der Waals surface area contributed by atoms with Gasteiger partial charge in [0.05, 0.1) is 5.25 Å². The Hall–Kier alpha value is -0.390. The van der Waals surface area contributed by atoms with Crippen molar-refractivity contribution in [2.24, 2.45) is 0 Å². The van der Waals surface area contributed by atoms with E-state index in [1.807, 2.05) is 0 Å². The molecule has 0 aromatic carbocycles. The first-order valence-electron chi connectivity index (χ1n) is 5.05.